The molecule has 3 rings (SSSR count). The van der Waals surface area contributed by atoms with Crippen LogP contribution >= 0.6 is 0 Å². The number of carbonyl (C=O) groups is 1. The third kappa shape index (κ3) is 3.45. The Morgan fingerprint density at radius 3 is 2.65 bits per heavy atom. The topological polar surface area (TPSA) is 86.7 Å². The van der Waals surface area contributed by atoms with E-state index in [0.717, 1.165) is 5.56 Å². The minimum Gasteiger partial charge on any atom is -0.396 e. The summed E-state index contributed by atoms with van der Waals surface area (Å²) in [5.41, 5.74) is 1.95. The zero-order valence-corrected chi connectivity index (χ0v) is 15.4. The van der Waals surface area contributed by atoms with Crippen LogP contribution in [0, 0.1) is 0 Å². The first-order valence-electron chi connectivity index (χ1n) is 8.56. The third-order valence-electron chi connectivity index (χ3n) is 4.42. The quantitative estimate of drug-likeness (QED) is 0.757. The number of amides is 1. The first kappa shape index (κ1) is 18.4. The molecule has 6 nitrogen and oxygen atoms in total. The van der Waals surface area contributed by atoms with Crippen LogP contribution in [0.4, 0.5) is 5.69 Å². The Bertz CT molecular complexity index is 897. The molecule has 1 amide bonds. The van der Waals surface area contributed by atoms with Gasteiger partial charge in [0, 0.05) is 24.8 Å². The molecule has 7 heteroatoms. The average molecular weight is 374 g/mol. The number of aliphatic hydroxyl groups excluding tert-OH is 1. The highest BCUT2D eigenvalue weighted by Gasteiger charge is 2.36. The number of aliphatic hydroxyl groups is 1. The van der Waals surface area contributed by atoms with Crippen molar-refractivity contribution in [2.45, 2.75) is 30.7 Å². The molecule has 0 spiro atoms. The summed E-state index contributed by atoms with van der Waals surface area (Å²) >= 11 is 0. The van der Waals surface area contributed by atoms with Gasteiger partial charge >= 0.3 is 0 Å². The van der Waals surface area contributed by atoms with Gasteiger partial charge in [-0.05, 0) is 55.7 Å². The molecule has 26 heavy (non-hydrogen) atoms. The van der Waals surface area contributed by atoms with Crippen LogP contribution in [0.3, 0.4) is 0 Å². The highest BCUT2D eigenvalue weighted by Crippen LogP contribution is 2.37. The van der Waals surface area contributed by atoms with Crippen LogP contribution in [0.2, 0.25) is 0 Å². The van der Waals surface area contributed by atoms with Crippen molar-refractivity contribution in [2.24, 2.45) is 0 Å². The van der Waals surface area contributed by atoms with Crippen molar-refractivity contribution >= 4 is 21.6 Å². The fourth-order valence-corrected chi connectivity index (χ4v) is 4.91. The normalized spacial score (nSPS) is 16.4. The Labute approximate surface area is 153 Å². The minimum atomic E-state index is -3.65. The van der Waals surface area contributed by atoms with Gasteiger partial charge in [0.25, 0.3) is 15.9 Å². The van der Waals surface area contributed by atoms with Crippen LogP contribution < -0.4 is 9.62 Å². The lowest BCUT2D eigenvalue weighted by Crippen LogP contribution is -2.35. The smallest absolute Gasteiger partial charge is 0.264 e. The molecule has 1 aliphatic heterocycles. The van der Waals surface area contributed by atoms with E-state index >= 15 is 0 Å². The molecule has 0 saturated carbocycles. The number of nitrogens with zero attached hydrogens (tertiary/aromatic N) is 1. The van der Waals surface area contributed by atoms with Crippen LogP contribution in [0.15, 0.2) is 53.4 Å². The molecule has 1 atom stereocenters. The minimum absolute atomic E-state index is 0.0221. The van der Waals surface area contributed by atoms with E-state index in [0.29, 0.717) is 30.6 Å². The molecule has 0 radical (unpaired) electrons. The second kappa shape index (κ2) is 7.47. The molecular weight excluding hydrogens is 352 g/mol. The zero-order valence-electron chi connectivity index (χ0n) is 14.6. The van der Waals surface area contributed by atoms with E-state index in [1.54, 1.807) is 48.5 Å². The van der Waals surface area contributed by atoms with Crippen LogP contribution in [0.25, 0.3) is 0 Å². The maximum atomic E-state index is 13.0. The average Bonchev–Trinajstić information content (AvgIpc) is 2.98. The molecule has 0 fully saturated rings. The summed E-state index contributed by atoms with van der Waals surface area (Å²) in [4.78, 5) is 12.4. The fourth-order valence-electron chi connectivity index (χ4n) is 3.20. The number of nitrogens with one attached hydrogen (secondary N) is 1. The van der Waals surface area contributed by atoms with Gasteiger partial charge in [-0.1, -0.05) is 18.2 Å². The van der Waals surface area contributed by atoms with E-state index in [9.17, 15) is 13.2 Å². The van der Waals surface area contributed by atoms with Gasteiger partial charge in [0.2, 0.25) is 0 Å². The predicted octanol–water partition coefficient (Wildman–Crippen LogP) is 1.94. The van der Waals surface area contributed by atoms with Gasteiger partial charge in [-0.3, -0.25) is 9.10 Å². The van der Waals surface area contributed by atoms with Crippen molar-refractivity contribution in [3.05, 3.63) is 59.7 Å². The summed E-state index contributed by atoms with van der Waals surface area (Å²) in [6.45, 7) is 2.28. The monoisotopic (exact) mass is 374 g/mol. The molecule has 0 aromatic heterocycles. The number of carbonyl (C=O) groups excluding carboxylic acids is 1. The molecule has 0 bridgehead atoms. The summed E-state index contributed by atoms with van der Waals surface area (Å²) in [6.07, 6.45) is 1.05. The second-order valence-corrected chi connectivity index (χ2v) is 8.16. The van der Waals surface area contributed by atoms with Gasteiger partial charge in [0.15, 0.2) is 0 Å². The SMILES string of the molecule is C[C@H]1Cc2cc(C(=O)NCCCO)ccc2N1S(=O)(=O)c1ccccc1. The number of rotatable bonds is 6. The highest BCUT2D eigenvalue weighted by atomic mass is 32.2. The van der Waals surface area contributed by atoms with Crippen molar-refractivity contribution < 1.29 is 18.3 Å². The van der Waals surface area contributed by atoms with Gasteiger partial charge in [-0.25, -0.2) is 8.42 Å². The Hall–Kier alpha value is -2.38. The van der Waals surface area contributed by atoms with E-state index in [2.05, 4.69) is 5.32 Å². The van der Waals surface area contributed by atoms with E-state index < -0.39 is 10.0 Å². The summed E-state index contributed by atoms with van der Waals surface area (Å²) < 4.78 is 27.5. The summed E-state index contributed by atoms with van der Waals surface area (Å²) in [5, 5.41) is 11.5. The van der Waals surface area contributed by atoms with Crippen molar-refractivity contribution in [3.63, 3.8) is 0 Å². The fraction of sp³-hybridized carbons (Fsp3) is 0.316. The van der Waals surface area contributed by atoms with Gasteiger partial charge in [-0.15, -0.1) is 0 Å². The zero-order chi connectivity index (χ0) is 18.7. The first-order valence-corrected chi connectivity index (χ1v) is 10.0. The molecule has 1 aliphatic rings. The largest absolute Gasteiger partial charge is 0.396 e. The predicted molar refractivity (Wildman–Crippen MR) is 99.8 cm³/mol. The molecule has 2 aromatic carbocycles. The molecule has 138 valence electrons. The van der Waals surface area contributed by atoms with Gasteiger partial charge in [0.05, 0.1) is 10.6 Å². The number of anilines is 1. The van der Waals surface area contributed by atoms with Crippen molar-refractivity contribution in [1.29, 1.82) is 0 Å². The Balaban J connectivity index is 1.89. The van der Waals surface area contributed by atoms with E-state index in [4.69, 9.17) is 5.11 Å². The number of fused-ring (bicyclic) bond motifs is 1. The Kier molecular flexibility index (Phi) is 5.29. The summed E-state index contributed by atoms with van der Waals surface area (Å²) in [6, 6.07) is 13.2. The van der Waals surface area contributed by atoms with Gasteiger partial charge in [-0.2, -0.15) is 0 Å². The molecular formula is C19H22N2O4S. The van der Waals surface area contributed by atoms with E-state index in [1.807, 2.05) is 6.92 Å². The number of hydrogen-bond donors (Lipinski definition) is 2. The first-order chi connectivity index (χ1) is 12.4. The number of benzene rings is 2. The van der Waals surface area contributed by atoms with E-state index in [1.165, 1.54) is 4.31 Å². The van der Waals surface area contributed by atoms with Crippen molar-refractivity contribution in [3.8, 4) is 0 Å². The van der Waals surface area contributed by atoms with Crippen LogP contribution in [-0.2, 0) is 16.4 Å². The van der Waals surface area contributed by atoms with Crippen molar-refractivity contribution in [2.75, 3.05) is 17.5 Å². The maximum Gasteiger partial charge on any atom is 0.264 e. The Morgan fingerprint density at radius 1 is 1.23 bits per heavy atom. The maximum absolute atomic E-state index is 13.0. The molecule has 2 aromatic rings. The van der Waals surface area contributed by atoms with E-state index in [-0.39, 0.29) is 23.5 Å². The molecule has 0 aliphatic carbocycles. The summed E-state index contributed by atoms with van der Waals surface area (Å²) in [5.74, 6) is -0.224. The van der Waals surface area contributed by atoms with Gasteiger partial charge in [0.1, 0.15) is 0 Å². The highest BCUT2D eigenvalue weighted by molar-refractivity contribution is 7.92. The van der Waals surface area contributed by atoms with Crippen LogP contribution in [-0.4, -0.2) is 38.6 Å². The van der Waals surface area contributed by atoms with Gasteiger partial charge < -0.3 is 10.4 Å². The molecule has 2 N–H and O–H groups in total. The molecule has 0 saturated heterocycles. The second-order valence-electron chi connectivity index (χ2n) is 6.34. The number of hydrogen-bond acceptors (Lipinski definition) is 4. The van der Waals surface area contributed by atoms with Crippen LogP contribution in [0.1, 0.15) is 29.3 Å². The van der Waals surface area contributed by atoms with Crippen LogP contribution in [0.5, 0.6) is 0 Å². The number of sulfonamides is 1. The van der Waals surface area contributed by atoms with Crippen molar-refractivity contribution in [1.82, 2.24) is 5.32 Å². The lowest BCUT2D eigenvalue weighted by Gasteiger charge is -2.24. The molecule has 1 heterocycles. The molecule has 0 unspecified atom stereocenters. The third-order valence-corrected chi connectivity index (χ3v) is 6.36. The Morgan fingerprint density at radius 2 is 1.96 bits per heavy atom. The summed E-state index contributed by atoms with van der Waals surface area (Å²) in [7, 11) is -3.65. The lowest BCUT2D eigenvalue weighted by atomic mass is 10.1. The lowest BCUT2D eigenvalue weighted by molar-refractivity contribution is 0.0951. The standard InChI is InChI=1S/C19H22N2O4S/c1-14-12-16-13-15(19(23)20-10-5-11-22)8-9-18(16)21(14)26(24,25)17-6-3-2-4-7-17/h2-4,6-9,13-14,22H,5,10-12H2,1H3,(H,20,23)/t14-/m0/s1.